The number of carbonyl (C=O) groups is 2. The van der Waals surface area contributed by atoms with Gasteiger partial charge in [0.1, 0.15) is 13.1 Å². The van der Waals surface area contributed by atoms with Gasteiger partial charge in [-0.3, -0.25) is 4.90 Å². The van der Waals surface area contributed by atoms with E-state index >= 15 is 0 Å². The van der Waals surface area contributed by atoms with Crippen molar-refractivity contribution in [1.29, 1.82) is 0 Å². The number of amides is 1. The number of aliphatic carboxylic acids is 1. The summed E-state index contributed by atoms with van der Waals surface area (Å²) in [5.74, 6) is -1.05. The molecule has 0 bridgehead atoms. The highest BCUT2D eigenvalue weighted by molar-refractivity contribution is 7.54. The summed E-state index contributed by atoms with van der Waals surface area (Å²) in [7, 11) is -0.514. The molecule has 2 atom stereocenters. The van der Waals surface area contributed by atoms with Crippen molar-refractivity contribution in [3.63, 3.8) is 0 Å². The van der Waals surface area contributed by atoms with E-state index in [2.05, 4.69) is 6.30 Å². The summed E-state index contributed by atoms with van der Waals surface area (Å²) in [6, 6.07) is 0. The third kappa shape index (κ3) is 4.68. The van der Waals surface area contributed by atoms with Gasteiger partial charge < -0.3 is 14.6 Å². The van der Waals surface area contributed by atoms with Crippen LogP contribution in [0.2, 0.25) is 0 Å². The predicted molar refractivity (Wildman–Crippen MR) is 83.3 cm³/mol. The Morgan fingerprint density at radius 2 is 2.05 bits per heavy atom. The van der Waals surface area contributed by atoms with Crippen molar-refractivity contribution >= 4 is 25.9 Å². The number of hydrogen-bond donors (Lipinski definition) is 1. The van der Waals surface area contributed by atoms with Crippen molar-refractivity contribution in [1.82, 2.24) is 4.90 Å². The average molecular weight is 318 g/mol. The van der Waals surface area contributed by atoms with E-state index < -0.39 is 30.7 Å². The van der Waals surface area contributed by atoms with Gasteiger partial charge in [-0.1, -0.05) is 0 Å². The minimum atomic E-state index is -1.33. The second kappa shape index (κ2) is 6.75. The first-order chi connectivity index (χ1) is 9.58. The third-order valence-electron chi connectivity index (χ3n) is 3.15. The highest BCUT2D eigenvalue weighted by atomic mass is 31.1. The smallest absolute Gasteiger partial charge is 0.411 e. The van der Waals surface area contributed by atoms with E-state index in [9.17, 15) is 14.7 Å². The van der Waals surface area contributed by atoms with E-state index in [1.54, 1.807) is 20.8 Å². The second-order valence-electron chi connectivity index (χ2n) is 6.41. The molecule has 0 saturated carbocycles. The number of carboxylic acid groups (broad SMARTS) is 1. The van der Waals surface area contributed by atoms with E-state index in [0.717, 1.165) is 0 Å². The van der Waals surface area contributed by atoms with Crippen LogP contribution < -0.4 is 0 Å². The molecule has 0 aromatic heterocycles. The Bertz CT molecular complexity index is 432. The summed E-state index contributed by atoms with van der Waals surface area (Å²) in [4.78, 5) is 25.3. The van der Waals surface area contributed by atoms with Gasteiger partial charge in [0.05, 0.1) is 19.6 Å². The lowest BCUT2D eigenvalue weighted by atomic mass is 9.98. The quantitative estimate of drug-likeness (QED) is 0.788. The van der Waals surface area contributed by atoms with Crippen LogP contribution in [0.5, 0.6) is 0 Å². The Morgan fingerprint density at radius 1 is 1.43 bits per heavy atom. The summed E-state index contributed by atoms with van der Waals surface area (Å²) >= 11 is 0. The van der Waals surface area contributed by atoms with Gasteiger partial charge in [-0.15, -0.1) is 0 Å². The topological polar surface area (TPSA) is 76.1 Å². The normalized spacial score (nSPS) is 23.0. The Balaban J connectivity index is 2.87. The number of nitrogens with zero attached hydrogens (tertiary/aromatic N) is 1. The molecule has 1 rings (SSSR count). The van der Waals surface area contributed by atoms with Crippen LogP contribution in [0.4, 0.5) is 4.79 Å². The van der Waals surface area contributed by atoms with E-state index in [1.807, 2.05) is 6.66 Å². The number of hydrogen-bond acceptors (Lipinski definition) is 4. The van der Waals surface area contributed by atoms with Gasteiger partial charge >= 0.3 is 12.1 Å². The maximum atomic E-state index is 12.3. The lowest BCUT2D eigenvalue weighted by molar-refractivity contribution is -0.153. The summed E-state index contributed by atoms with van der Waals surface area (Å²) in [5, 5.41) is 9.61. The van der Waals surface area contributed by atoms with Gasteiger partial charge in [0.2, 0.25) is 6.35 Å². The molecule has 7 heteroatoms. The molecular formula is C14H25NO5P+. The fourth-order valence-corrected chi connectivity index (χ4v) is 2.67. The lowest BCUT2D eigenvalue weighted by Crippen LogP contribution is -2.57. The Morgan fingerprint density at radius 3 is 2.52 bits per heavy atom. The molecule has 1 aliphatic rings. The van der Waals surface area contributed by atoms with Gasteiger partial charge in [0.25, 0.3) is 0 Å². The maximum absolute atomic E-state index is 12.3. The molecule has 0 spiro atoms. The van der Waals surface area contributed by atoms with Crippen LogP contribution in [0, 0.1) is 0 Å². The molecule has 1 saturated heterocycles. The van der Waals surface area contributed by atoms with Crippen LogP contribution in [0.3, 0.4) is 0 Å². The Labute approximate surface area is 126 Å². The summed E-state index contributed by atoms with van der Waals surface area (Å²) in [5.41, 5.74) is -1.98. The van der Waals surface area contributed by atoms with E-state index in [4.69, 9.17) is 9.47 Å². The standard InChI is InChI=1S/C14H24NO5P/c1-13(2,3)20-12(18)15-8-6-7-14(15,11(16)17)9-19-10-21(4)5/h4,6-10H2,1-3,5H3/p+1. The highest BCUT2D eigenvalue weighted by Gasteiger charge is 2.51. The van der Waals surface area contributed by atoms with E-state index in [0.29, 0.717) is 25.7 Å². The molecule has 1 aliphatic heterocycles. The van der Waals surface area contributed by atoms with Crippen LogP contribution >= 0.6 is 7.55 Å². The molecule has 0 aromatic carbocycles. The second-order valence-corrected chi connectivity index (χ2v) is 8.38. The van der Waals surface area contributed by atoms with Crippen molar-refractivity contribution in [2.75, 3.05) is 26.2 Å². The van der Waals surface area contributed by atoms with Crippen molar-refractivity contribution in [2.24, 2.45) is 0 Å². The summed E-state index contributed by atoms with van der Waals surface area (Å²) < 4.78 is 10.8. The first kappa shape index (κ1) is 17.9. The van der Waals surface area contributed by atoms with Crippen LogP contribution in [0.25, 0.3) is 0 Å². The van der Waals surface area contributed by atoms with Crippen LogP contribution in [-0.4, -0.2) is 65.7 Å². The molecule has 2 unspecified atom stereocenters. The van der Waals surface area contributed by atoms with Crippen LogP contribution in [0.15, 0.2) is 0 Å². The first-order valence-electron chi connectivity index (χ1n) is 6.92. The van der Waals surface area contributed by atoms with Gasteiger partial charge in [-0.05, 0) is 33.6 Å². The molecule has 0 aliphatic carbocycles. The average Bonchev–Trinajstić information content (AvgIpc) is 2.71. The third-order valence-corrected chi connectivity index (χ3v) is 3.78. The number of likely N-dealkylation sites (tertiary alicyclic amines) is 1. The SMILES string of the molecule is C=[P+](C)COCC1(C(=O)O)CCCN1C(=O)OC(C)(C)C. The fourth-order valence-electron chi connectivity index (χ4n) is 2.27. The van der Waals surface area contributed by atoms with Crippen molar-refractivity contribution in [3.8, 4) is 0 Å². The zero-order valence-corrected chi connectivity index (χ0v) is 14.1. The number of ether oxygens (including phenoxy) is 2. The van der Waals surface area contributed by atoms with E-state index in [1.165, 1.54) is 4.90 Å². The minimum Gasteiger partial charge on any atom is -0.479 e. The minimum absolute atomic E-state index is 0.0240. The maximum Gasteiger partial charge on any atom is 0.411 e. The molecular weight excluding hydrogens is 293 g/mol. The zero-order valence-electron chi connectivity index (χ0n) is 13.2. The number of rotatable bonds is 5. The van der Waals surface area contributed by atoms with E-state index in [-0.39, 0.29) is 6.61 Å². The zero-order chi connectivity index (χ0) is 16.3. The van der Waals surface area contributed by atoms with Crippen LogP contribution in [0.1, 0.15) is 33.6 Å². The van der Waals surface area contributed by atoms with Gasteiger partial charge in [-0.25, -0.2) is 9.59 Å². The molecule has 21 heavy (non-hydrogen) atoms. The molecule has 120 valence electrons. The Kier molecular flexibility index (Phi) is 5.76. The van der Waals surface area contributed by atoms with Crippen molar-refractivity contribution < 1.29 is 24.2 Å². The monoisotopic (exact) mass is 318 g/mol. The highest BCUT2D eigenvalue weighted by Crippen LogP contribution is 2.32. The van der Waals surface area contributed by atoms with Crippen molar-refractivity contribution in [3.05, 3.63) is 0 Å². The molecule has 1 amide bonds. The van der Waals surface area contributed by atoms with Gasteiger partial charge in [-0.2, -0.15) is 0 Å². The largest absolute Gasteiger partial charge is 0.479 e. The molecule has 0 aromatic rings. The summed E-state index contributed by atoms with van der Waals surface area (Å²) in [6.07, 6.45) is 4.69. The number of carboxylic acids is 1. The predicted octanol–water partition coefficient (Wildman–Crippen LogP) is 2.36. The molecule has 6 nitrogen and oxygen atoms in total. The summed E-state index contributed by atoms with van der Waals surface area (Å²) in [6.45, 7) is 7.57. The fraction of sp³-hybridized carbons (Fsp3) is 0.786. The molecule has 1 heterocycles. The molecule has 1 fully saturated rings. The molecule has 0 radical (unpaired) electrons. The van der Waals surface area contributed by atoms with Gasteiger partial charge in [0.15, 0.2) is 5.54 Å². The Hall–Kier alpha value is -1.13. The van der Waals surface area contributed by atoms with Gasteiger partial charge in [0, 0.05) is 6.54 Å². The number of carbonyl (C=O) groups excluding carboxylic acids is 1. The van der Waals surface area contributed by atoms with Crippen molar-refractivity contribution in [2.45, 2.75) is 44.8 Å². The van der Waals surface area contributed by atoms with Crippen LogP contribution in [-0.2, 0) is 14.3 Å². The lowest BCUT2D eigenvalue weighted by Gasteiger charge is -2.35. The first-order valence-corrected chi connectivity index (χ1v) is 9.08. The molecule has 1 N–H and O–H groups in total.